The number of ether oxygens (including phenoxy) is 5. The number of rotatable bonds is 48. The van der Waals surface area contributed by atoms with Crippen molar-refractivity contribution >= 4 is 23.9 Å². The molecule has 426 valence electrons. The molecule has 0 aromatic carbocycles. The smallest absolute Gasteiger partial charge is 0.335 e. The standard InChI is InChI=1S/C63H102O12/c1-4-7-10-13-16-19-22-25-27-28-30-32-34-37-40-43-46-49-55(64)71-52-54(73-56(65)50-47-44-41-38-35-31-24-21-18-15-12-9-6-3)53-72-63-61(59(68)58(67)60(75-63)62(69)70)74-57(66)51-48-45-42-39-36-33-29-26-23-20-17-14-11-8-5-2/h7-8,10-11,16-17,19-21,24-27,29,36,39,54,58-61,63,67-68H,4-6,9,12-15,18,22-23,28,30-35,37-38,40-53H2,1-3H3,(H,69,70)/b10-7-,11-8-,19-16-,20-17-,24-21-,27-25-,29-26-,39-36-. The lowest BCUT2D eigenvalue weighted by Crippen LogP contribution is -2.61. The predicted molar refractivity (Wildman–Crippen MR) is 303 cm³/mol. The molecule has 0 spiro atoms. The Morgan fingerprint density at radius 2 is 0.840 bits per heavy atom. The van der Waals surface area contributed by atoms with Crippen LogP contribution in [0.4, 0.5) is 0 Å². The Morgan fingerprint density at radius 1 is 0.453 bits per heavy atom. The van der Waals surface area contributed by atoms with E-state index in [1.807, 2.05) is 0 Å². The fourth-order valence-corrected chi connectivity index (χ4v) is 8.19. The summed E-state index contributed by atoms with van der Waals surface area (Å²) in [4.78, 5) is 51.1. The van der Waals surface area contributed by atoms with Crippen LogP contribution in [-0.4, -0.2) is 89.2 Å². The first-order chi connectivity index (χ1) is 36.6. The van der Waals surface area contributed by atoms with Crippen molar-refractivity contribution < 1.29 is 58.2 Å². The number of hydrogen-bond donors (Lipinski definition) is 3. The molecule has 12 nitrogen and oxygen atoms in total. The van der Waals surface area contributed by atoms with E-state index in [0.717, 1.165) is 128 Å². The molecule has 1 aliphatic heterocycles. The Kier molecular flexibility index (Phi) is 46.2. The van der Waals surface area contributed by atoms with Crippen LogP contribution in [0.2, 0.25) is 0 Å². The second-order valence-electron chi connectivity index (χ2n) is 19.5. The van der Waals surface area contributed by atoms with Gasteiger partial charge in [0.25, 0.3) is 0 Å². The summed E-state index contributed by atoms with van der Waals surface area (Å²) in [5.41, 5.74) is 0. The fraction of sp³-hybridized carbons (Fsp3) is 0.683. The Hall–Kier alpha value is -4.36. The third kappa shape index (κ3) is 40.6. The number of aliphatic carboxylic acids is 1. The Labute approximate surface area is 453 Å². The van der Waals surface area contributed by atoms with E-state index in [9.17, 15) is 34.5 Å². The maximum Gasteiger partial charge on any atom is 0.335 e. The average molecular weight is 1050 g/mol. The lowest BCUT2D eigenvalue weighted by molar-refractivity contribution is -0.301. The quantitative estimate of drug-likeness (QED) is 0.0228. The van der Waals surface area contributed by atoms with Crippen LogP contribution in [-0.2, 0) is 42.9 Å². The van der Waals surface area contributed by atoms with Crippen molar-refractivity contribution in [2.24, 2.45) is 0 Å². The van der Waals surface area contributed by atoms with Gasteiger partial charge in [0, 0.05) is 19.3 Å². The van der Waals surface area contributed by atoms with Gasteiger partial charge >= 0.3 is 23.9 Å². The van der Waals surface area contributed by atoms with Crippen molar-refractivity contribution in [3.05, 3.63) is 97.2 Å². The third-order valence-corrected chi connectivity index (χ3v) is 12.6. The molecular weight excluding hydrogens is 949 g/mol. The van der Waals surface area contributed by atoms with E-state index in [1.165, 1.54) is 32.1 Å². The highest BCUT2D eigenvalue weighted by atomic mass is 16.7. The molecular formula is C63H102O12. The van der Waals surface area contributed by atoms with Crippen molar-refractivity contribution in [2.45, 2.75) is 263 Å². The number of hydrogen-bond acceptors (Lipinski definition) is 11. The lowest BCUT2D eigenvalue weighted by atomic mass is 9.98. The first kappa shape index (κ1) is 68.7. The molecule has 1 aliphatic rings. The molecule has 3 N–H and O–H groups in total. The molecule has 12 heteroatoms. The molecule has 1 saturated heterocycles. The van der Waals surface area contributed by atoms with E-state index in [2.05, 4.69) is 118 Å². The van der Waals surface area contributed by atoms with Gasteiger partial charge in [0.1, 0.15) is 18.8 Å². The average Bonchev–Trinajstić information content (AvgIpc) is 3.39. The molecule has 0 aliphatic carbocycles. The molecule has 6 atom stereocenters. The molecule has 0 amide bonds. The van der Waals surface area contributed by atoms with Crippen molar-refractivity contribution in [1.82, 2.24) is 0 Å². The number of unbranched alkanes of at least 4 members (excludes halogenated alkanes) is 18. The lowest BCUT2D eigenvalue weighted by Gasteiger charge is -2.40. The van der Waals surface area contributed by atoms with Crippen LogP contribution in [0.15, 0.2) is 97.2 Å². The molecule has 75 heavy (non-hydrogen) atoms. The zero-order chi connectivity index (χ0) is 54.7. The molecule has 1 fully saturated rings. The Morgan fingerprint density at radius 3 is 1.32 bits per heavy atom. The number of carbonyl (C=O) groups is 4. The van der Waals surface area contributed by atoms with Crippen molar-refractivity contribution in [3.8, 4) is 0 Å². The van der Waals surface area contributed by atoms with Crippen LogP contribution in [0, 0.1) is 0 Å². The number of esters is 3. The first-order valence-corrected chi connectivity index (χ1v) is 29.2. The number of carboxylic acids is 1. The summed E-state index contributed by atoms with van der Waals surface area (Å²) >= 11 is 0. The summed E-state index contributed by atoms with van der Waals surface area (Å²) < 4.78 is 28.4. The van der Waals surface area contributed by atoms with Gasteiger partial charge in [-0.2, -0.15) is 0 Å². The van der Waals surface area contributed by atoms with Crippen LogP contribution in [0.25, 0.3) is 0 Å². The number of aliphatic hydroxyl groups is 2. The van der Waals surface area contributed by atoms with Crippen LogP contribution in [0.3, 0.4) is 0 Å². The van der Waals surface area contributed by atoms with Crippen LogP contribution in [0.5, 0.6) is 0 Å². The highest BCUT2D eigenvalue weighted by Crippen LogP contribution is 2.26. The highest BCUT2D eigenvalue weighted by molar-refractivity contribution is 5.74. The number of carbonyl (C=O) groups excluding carboxylic acids is 3. The SMILES string of the molecule is CC/C=C\C/C=C\C/C=C\C/C=C\CCCCC(=O)OC1C(OCC(COC(=O)CCCCCCCCC/C=C\C/C=C\C/C=C\CC)OC(=O)CCCCCCC/C=C\CCCCCC)OC(C(=O)O)C(O)C1O. The van der Waals surface area contributed by atoms with Crippen molar-refractivity contribution in [1.29, 1.82) is 0 Å². The van der Waals surface area contributed by atoms with Gasteiger partial charge in [-0.05, 0) is 116 Å². The van der Waals surface area contributed by atoms with E-state index in [4.69, 9.17) is 23.7 Å². The van der Waals surface area contributed by atoms with Gasteiger partial charge in [0.05, 0.1) is 6.61 Å². The summed E-state index contributed by atoms with van der Waals surface area (Å²) in [7, 11) is 0. The van der Waals surface area contributed by atoms with Gasteiger partial charge in [-0.3, -0.25) is 14.4 Å². The molecule has 0 saturated carbocycles. The second kappa shape index (κ2) is 50.5. The third-order valence-electron chi connectivity index (χ3n) is 12.6. The minimum atomic E-state index is -1.92. The van der Waals surface area contributed by atoms with Crippen molar-refractivity contribution in [2.75, 3.05) is 13.2 Å². The van der Waals surface area contributed by atoms with Gasteiger partial charge in [-0.25, -0.2) is 4.79 Å². The summed E-state index contributed by atoms with van der Waals surface area (Å²) in [6.07, 6.45) is 53.8. The van der Waals surface area contributed by atoms with Gasteiger partial charge in [-0.1, -0.05) is 189 Å². The highest BCUT2D eigenvalue weighted by Gasteiger charge is 2.50. The van der Waals surface area contributed by atoms with Crippen molar-refractivity contribution in [3.63, 3.8) is 0 Å². The minimum Gasteiger partial charge on any atom is -0.479 e. The minimum absolute atomic E-state index is 0.00257. The van der Waals surface area contributed by atoms with Gasteiger partial charge in [0.15, 0.2) is 24.6 Å². The van der Waals surface area contributed by atoms with Crippen LogP contribution < -0.4 is 0 Å². The molecule has 0 aromatic heterocycles. The van der Waals surface area contributed by atoms with E-state index < -0.39 is 67.3 Å². The molecule has 1 rings (SSSR count). The normalized spacial score (nSPS) is 18.9. The monoisotopic (exact) mass is 1050 g/mol. The molecule has 0 bridgehead atoms. The zero-order valence-corrected chi connectivity index (χ0v) is 46.8. The van der Waals surface area contributed by atoms with E-state index in [1.54, 1.807) is 0 Å². The Balaban J connectivity index is 2.73. The topological polar surface area (TPSA) is 175 Å². The number of carboxylic acid groups (broad SMARTS) is 1. The first-order valence-electron chi connectivity index (χ1n) is 29.2. The Bertz CT molecular complexity index is 1670. The molecule has 0 radical (unpaired) electrons. The summed E-state index contributed by atoms with van der Waals surface area (Å²) in [5.74, 6) is -3.21. The van der Waals surface area contributed by atoms with E-state index >= 15 is 0 Å². The van der Waals surface area contributed by atoms with Gasteiger partial charge in [0.2, 0.25) is 0 Å². The van der Waals surface area contributed by atoms with Crippen LogP contribution >= 0.6 is 0 Å². The molecule has 6 unspecified atom stereocenters. The van der Waals surface area contributed by atoms with E-state index in [-0.39, 0.29) is 25.9 Å². The second-order valence-corrected chi connectivity index (χ2v) is 19.5. The predicted octanol–water partition coefficient (Wildman–Crippen LogP) is 14.9. The summed E-state index contributed by atoms with van der Waals surface area (Å²) in [5, 5.41) is 31.4. The largest absolute Gasteiger partial charge is 0.479 e. The van der Waals surface area contributed by atoms with Gasteiger partial charge < -0.3 is 39.0 Å². The van der Waals surface area contributed by atoms with Crippen LogP contribution in [0.1, 0.15) is 226 Å². The van der Waals surface area contributed by atoms with Gasteiger partial charge in [-0.15, -0.1) is 0 Å². The fourth-order valence-electron chi connectivity index (χ4n) is 8.19. The zero-order valence-electron chi connectivity index (χ0n) is 46.8. The van der Waals surface area contributed by atoms with E-state index in [0.29, 0.717) is 25.7 Å². The molecule has 0 aromatic rings. The summed E-state index contributed by atoms with van der Waals surface area (Å²) in [6, 6.07) is 0. The molecule has 1 heterocycles. The number of aliphatic hydroxyl groups excluding tert-OH is 2. The maximum absolute atomic E-state index is 13.1. The summed E-state index contributed by atoms with van der Waals surface area (Å²) in [6.45, 7) is 5.71. The number of allylic oxidation sites excluding steroid dienone is 16. The maximum atomic E-state index is 13.1.